The number of fused-ring (bicyclic) bond motifs is 2. The van der Waals surface area contributed by atoms with E-state index in [4.69, 9.17) is 14.5 Å². The summed E-state index contributed by atoms with van der Waals surface area (Å²) in [5.74, 6) is 1.49. The average molecular weight is 405 g/mol. The molecule has 1 heterocycles. The van der Waals surface area contributed by atoms with E-state index in [1.165, 1.54) is 12.5 Å². The lowest BCUT2D eigenvalue weighted by molar-refractivity contribution is -0.211. The number of rotatable bonds is 6. The van der Waals surface area contributed by atoms with E-state index < -0.39 is 5.97 Å². The summed E-state index contributed by atoms with van der Waals surface area (Å²) in [5, 5.41) is 21.4. The van der Waals surface area contributed by atoms with Gasteiger partial charge in [0, 0.05) is 25.7 Å². The highest BCUT2D eigenvalue weighted by atomic mass is 17.2. The molecule has 6 nitrogen and oxygen atoms in total. The van der Waals surface area contributed by atoms with Crippen LogP contribution in [0, 0.1) is 23.7 Å². The fraction of sp³-hybridized carbons (Fsp3) is 0.696. The number of aliphatic hydroxyl groups excluding tert-OH is 2. The lowest BCUT2D eigenvalue weighted by Crippen LogP contribution is -2.31. The lowest BCUT2D eigenvalue weighted by atomic mass is 9.73. The normalized spacial score (nSPS) is 30.3. The van der Waals surface area contributed by atoms with Gasteiger partial charge in [0.15, 0.2) is 5.75 Å². The second kappa shape index (κ2) is 9.02. The Morgan fingerprint density at radius 3 is 2.83 bits per heavy atom. The van der Waals surface area contributed by atoms with Crippen LogP contribution in [0.25, 0.3) is 0 Å². The summed E-state index contributed by atoms with van der Waals surface area (Å²) in [6.07, 6.45) is 5.35. The molecule has 29 heavy (non-hydrogen) atoms. The number of carbonyl (C=O) groups is 1. The molecule has 4 rings (SSSR count). The molecule has 1 aromatic rings. The molecule has 1 aliphatic heterocycles. The predicted molar refractivity (Wildman–Crippen MR) is 106 cm³/mol. The van der Waals surface area contributed by atoms with E-state index in [1.54, 1.807) is 0 Å². The second-order valence-corrected chi connectivity index (χ2v) is 8.95. The van der Waals surface area contributed by atoms with E-state index in [0.717, 1.165) is 63.7 Å². The van der Waals surface area contributed by atoms with Gasteiger partial charge < -0.3 is 14.9 Å². The van der Waals surface area contributed by atoms with Gasteiger partial charge in [-0.3, -0.25) is 9.78 Å². The molecule has 2 N–H and O–H groups in total. The van der Waals surface area contributed by atoms with Crippen LogP contribution in [0.2, 0.25) is 0 Å². The molecule has 2 aliphatic carbocycles. The number of aliphatic hydroxyl groups is 2. The maximum Gasteiger partial charge on any atom is 0.352 e. The minimum Gasteiger partial charge on any atom is -0.393 e. The van der Waals surface area contributed by atoms with Crippen LogP contribution in [0.5, 0.6) is 5.75 Å². The fourth-order valence-corrected chi connectivity index (χ4v) is 5.69. The van der Waals surface area contributed by atoms with Gasteiger partial charge in [-0.2, -0.15) is 0 Å². The van der Waals surface area contributed by atoms with Gasteiger partial charge in [-0.1, -0.05) is 12.1 Å². The van der Waals surface area contributed by atoms with Crippen molar-refractivity contribution in [3.8, 4) is 5.75 Å². The molecule has 0 radical (unpaired) electrons. The summed E-state index contributed by atoms with van der Waals surface area (Å²) < 4.78 is 5.40. The van der Waals surface area contributed by atoms with Crippen molar-refractivity contribution >= 4 is 5.97 Å². The molecule has 160 valence electrons. The number of benzene rings is 1. The Balaban J connectivity index is 1.41. The molecule has 6 heteroatoms. The molecule has 0 amide bonds. The molecule has 5 atom stereocenters. The highest BCUT2D eigenvalue weighted by molar-refractivity contribution is 5.65. The van der Waals surface area contributed by atoms with Crippen molar-refractivity contribution in [1.29, 1.82) is 0 Å². The minimum atomic E-state index is -0.476. The first kappa shape index (κ1) is 20.6. The van der Waals surface area contributed by atoms with Gasteiger partial charge in [-0.25, -0.2) is 4.79 Å². The first-order valence-corrected chi connectivity index (χ1v) is 10.9. The van der Waals surface area contributed by atoms with Gasteiger partial charge in [-0.05, 0) is 80.2 Å². The zero-order valence-corrected chi connectivity index (χ0v) is 17.1. The van der Waals surface area contributed by atoms with Crippen molar-refractivity contribution in [2.45, 2.75) is 64.1 Å². The number of hydrogen-bond donors (Lipinski definition) is 2. The maximum atomic E-state index is 11.1. The van der Waals surface area contributed by atoms with Crippen molar-refractivity contribution < 1.29 is 29.5 Å². The summed E-state index contributed by atoms with van der Waals surface area (Å²) in [5.41, 5.74) is 2.30. The third-order valence-electron chi connectivity index (χ3n) is 7.20. The van der Waals surface area contributed by atoms with Crippen LogP contribution >= 0.6 is 0 Å². The molecular weight excluding hydrogens is 372 g/mol. The summed E-state index contributed by atoms with van der Waals surface area (Å²) in [6, 6.07) is 5.85. The van der Waals surface area contributed by atoms with Crippen LogP contribution in [0.1, 0.15) is 50.2 Å². The Hall–Kier alpha value is -1.63. The van der Waals surface area contributed by atoms with Crippen LogP contribution in [-0.4, -0.2) is 41.6 Å². The highest BCUT2D eigenvalue weighted by Crippen LogP contribution is 2.48. The SMILES string of the molecule is CC(=O)OOc1cccc2c1C[C@@H]1C[C@H](O)[C@H](CCC(O)C3CCOCC3)[C@@H]1C2. The Kier molecular flexibility index (Phi) is 6.42. The monoisotopic (exact) mass is 404 g/mol. The van der Waals surface area contributed by atoms with Crippen molar-refractivity contribution in [2.24, 2.45) is 23.7 Å². The second-order valence-electron chi connectivity index (χ2n) is 8.95. The van der Waals surface area contributed by atoms with Crippen molar-refractivity contribution in [2.75, 3.05) is 13.2 Å². The fourth-order valence-electron chi connectivity index (χ4n) is 5.69. The van der Waals surface area contributed by atoms with Crippen molar-refractivity contribution in [3.05, 3.63) is 29.3 Å². The third-order valence-corrected chi connectivity index (χ3v) is 7.20. The third kappa shape index (κ3) is 4.60. The van der Waals surface area contributed by atoms with E-state index in [2.05, 4.69) is 6.07 Å². The molecule has 1 aromatic carbocycles. The van der Waals surface area contributed by atoms with E-state index in [-0.39, 0.29) is 18.1 Å². The van der Waals surface area contributed by atoms with Gasteiger partial charge in [0.2, 0.25) is 0 Å². The Morgan fingerprint density at radius 1 is 1.28 bits per heavy atom. The smallest absolute Gasteiger partial charge is 0.352 e. The lowest BCUT2D eigenvalue weighted by Gasteiger charge is -2.33. The predicted octanol–water partition coefficient (Wildman–Crippen LogP) is 2.82. The van der Waals surface area contributed by atoms with Crippen LogP contribution in [0.4, 0.5) is 0 Å². The topological polar surface area (TPSA) is 85.2 Å². The molecule has 0 bridgehead atoms. The summed E-state index contributed by atoms with van der Waals surface area (Å²) in [7, 11) is 0. The zero-order valence-electron chi connectivity index (χ0n) is 17.1. The van der Waals surface area contributed by atoms with Gasteiger partial charge in [0.05, 0.1) is 12.2 Å². The van der Waals surface area contributed by atoms with Crippen LogP contribution in [-0.2, 0) is 27.3 Å². The quantitative estimate of drug-likeness (QED) is 0.560. The Morgan fingerprint density at radius 2 is 2.07 bits per heavy atom. The Labute approximate surface area is 172 Å². The van der Waals surface area contributed by atoms with Crippen molar-refractivity contribution in [3.63, 3.8) is 0 Å². The van der Waals surface area contributed by atoms with E-state index >= 15 is 0 Å². The van der Waals surface area contributed by atoms with Gasteiger partial charge in [0.25, 0.3) is 0 Å². The maximum absolute atomic E-state index is 11.1. The molecular formula is C23H32O6. The highest BCUT2D eigenvalue weighted by Gasteiger charge is 2.45. The number of carbonyl (C=O) groups excluding carboxylic acids is 1. The number of hydrogen-bond acceptors (Lipinski definition) is 6. The standard InChI is InChI=1S/C23H32O6/c1-14(24)28-29-23-4-2-3-16-11-19-17(12-20(16)23)13-22(26)18(19)5-6-21(25)15-7-9-27-10-8-15/h2-4,15,17-19,21-22,25-26H,5-13H2,1H3/t17-,18-,19-,21?,22+/m1/s1. The zero-order chi connectivity index (χ0) is 20.4. The van der Waals surface area contributed by atoms with Gasteiger partial charge >= 0.3 is 5.97 Å². The van der Waals surface area contributed by atoms with Crippen LogP contribution < -0.4 is 4.89 Å². The van der Waals surface area contributed by atoms with Crippen LogP contribution in [0.15, 0.2) is 18.2 Å². The van der Waals surface area contributed by atoms with E-state index in [0.29, 0.717) is 23.5 Å². The molecule has 0 aromatic heterocycles. The van der Waals surface area contributed by atoms with E-state index in [9.17, 15) is 15.0 Å². The number of ether oxygens (including phenoxy) is 1. The summed E-state index contributed by atoms with van der Waals surface area (Å²) in [4.78, 5) is 21.1. The molecule has 1 saturated heterocycles. The molecule has 0 spiro atoms. The van der Waals surface area contributed by atoms with Crippen LogP contribution in [0.3, 0.4) is 0 Å². The van der Waals surface area contributed by atoms with E-state index in [1.807, 2.05) is 12.1 Å². The Bertz CT molecular complexity index is 713. The molecule has 1 unspecified atom stereocenters. The molecule has 3 aliphatic rings. The van der Waals surface area contributed by atoms with Crippen molar-refractivity contribution in [1.82, 2.24) is 0 Å². The first-order valence-electron chi connectivity index (χ1n) is 10.9. The minimum absolute atomic E-state index is 0.223. The van der Waals surface area contributed by atoms with Gasteiger partial charge in [-0.15, -0.1) is 0 Å². The first-order chi connectivity index (χ1) is 14.0. The molecule has 1 saturated carbocycles. The molecule has 2 fully saturated rings. The van der Waals surface area contributed by atoms with Gasteiger partial charge in [0.1, 0.15) is 0 Å². The summed E-state index contributed by atoms with van der Waals surface area (Å²) >= 11 is 0. The largest absolute Gasteiger partial charge is 0.393 e. The summed E-state index contributed by atoms with van der Waals surface area (Å²) in [6.45, 7) is 2.80. The average Bonchev–Trinajstić information content (AvgIpc) is 3.03.